The van der Waals surface area contributed by atoms with Crippen molar-refractivity contribution >= 4 is 15.7 Å². The van der Waals surface area contributed by atoms with E-state index < -0.39 is 26.8 Å². The van der Waals surface area contributed by atoms with E-state index in [1.54, 1.807) is 12.1 Å². The summed E-state index contributed by atoms with van der Waals surface area (Å²) in [5.74, 6) is -1.15. The maximum absolute atomic E-state index is 14.0. The number of hydrogen-bond donors (Lipinski definition) is 0. The fourth-order valence-electron chi connectivity index (χ4n) is 2.78. The molecule has 0 radical (unpaired) electrons. The molecule has 1 aliphatic rings. The minimum absolute atomic E-state index is 0.0271. The highest BCUT2D eigenvalue weighted by molar-refractivity contribution is 7.91. The Morgan fingerprint density at radius 2 is 1.83 bits per heavy atom. The molecule has 2 aromatic rings. The molecule has 1 unspecified atom stereocenters. The zero-order valence-corrected chi connectivity index (χ0v) is 13.6. The summed E-state index contributed by atoms with van der Waals surface area (Å²) in [6, 6.07) is 7.45. The van der Waals surface area contributed by atoms with Crippen LogP contribution in [0.3, 0.4) is 0 Å². The van der Waals surface area contributed by atoms with Gasteiger partial charge in [-0.25, -0.2) is 22.8 Å². The van der Waals surface area contributed by atoms with Gasteiger partial charge in [0.25, 0.3) is 5.91 Å². The first-order valence-corrected chi connectivity index (χ1v) is 9.23. The summed E-state index contributed by atoms with van der Waals surface area (Å²) in [6.45, 7) is 0.250. The fourth-order valence-corrected chi connectivity index (χ4v) is 4.59. The third-order valence-electron chi connectivity index (χ3n) is 4.04. The van der Waals surface area contributed by atoms with Gasteiger partial charge in [0.15, 0.2) is 9.84 Å². The normalized spacial score (nSPS) is 20.4. The number of benzene rings is 1. The second-order valence-electron chi connectivity index (χ2n) is 5.53. The van der Waals surface area contributed by atoms with Crippen LogP contribution in [0.1, 0.15) is 27.9 Å². The summed E-state index contributed by atoms with van der Waals surface area (Å²) in [7, 11) is -3.56. The predicted molar refractivity (Wildman–Crippen MR) is 85.5 cm³/mol. The van der Waals surface area contributed by atoms with Crippen molar-refractivity contribution in [2.24, 2.45) is 0 Å². The molecular formula is C16H16FN3O3S. The summed E-state index contributed by atoms with van der Waals surface area (Å²) < 4.78 is 39.1. The lowest BCUT2D eigenvalue weighted by molar-refractivity contribution is 0.0754. The molecule has 1 aromatic carbocycles. The Labute approximate surface area is 139 Å². The zero-order chi connectivity index (χ0) is 17.2. The van der Waals surface area contributed by atoms with Crippen molar-refractivity contribution in [1.82, 2.24) is 14.9 Å². The van der Waals surface area contributed by atoms with Crippen LogP contribution < -0.4 is 0 Å². The van der Waals surface area contributed by atoms with Gasteiger partial charge < -0.3 is 4.90 Å². The number of hydrogen-bond acceptors (Lipinski definition) is 5. The summed E-state index contributed by atoms with van der Waals surface area (Å²) in [5.41, 5.74) is 0.155. The van der Waals surface area contributed by atoms with E-state index in [0.717, 1.165) is 0 Å². The maximum Gasteiger partial charge on any atom is 0.291 e. The number of halogens is 1. The van der Waals surface area contributed by atoms with Gasteiger partial charge in [-0.15, -0.1) is 0 Å². The predicted octanol–water partition coefficient (Wildman–Crippen LogP) is 1.62. The molecular weight excluding hydrogens is 333 g/mol. The van der Waals surface area contributed by atoms with E-state index in [1.807, 2.05) is 0 Å². The van der Waals surface area contributed by atoms with Crippen LogP contribution >= 0.6 is 0 Å². The van der Waals surface area contributed by atoms with E-state index in [-0.39, 0.29) is 36.7 Å². The molecule has 0 spiro atoms. The highest BCUT2D eigenvalue weighted by atomic mass is 32.2. The van der Waals surface area contributed by atoms with Crippen molar-refractivity contribution in [2.75, 3.05) is 18.8 Å². The van der Waals surface area contributed by atoms with Gasteiger partial charge in [0.05, 0.1) is 11.0 Å². The SMILES string of the molecule is O=C(c1ncccn1)N1CCC(c2ccccc2F)S(=O)(=O)CC1. The molecule has 126 valence electrons. The van der Waals surface area contributed by atoms with Crippen LogP contribution in [0.2, 0.25) is 0 Å². The standard InChI is InChI=1S/C16H16FN3O3S/c17-13-5-2-1-4-12(13)14-6-9-20(10-11-24(14,22)23)16(21)15-18-7-3-8-19-15/h1-5,7-8,14H,6,9-11H2. The number of sulfone groups is 1. The number of amides is 1. The quantitative estimate of drug-likeness (QED) is 0.823. The Balaban J connectivity index is 1.85. The van der Waals surface area contributed by atoms with Gasteiger partial charge in [0.2, 0.25) is 5.82 Å². The molecule has 8 heteroatoms. The number of rotatable bonds is 2. The van der Waals surface area contributed by atoms with Crippen LogP contribution in [0.5, 0.6) is 0 Å². The smallest absolute Gasteiger partial charge is 0.291 e. The van der Waals surface area contributed by atoms with Gasteiger partial charge in [-0.05, 0) is 18.6 Å². The molecule has 1 saturated heterocycles. The van der Waals surface area contributed by atoms with Crippen molar-refractivity contribution in [1.29, 1.82) is 0 Å². The molecule has 0 aliphatic carbocycles. The second-order valence-corrected chi connectivity index (χ2v) is 7.83. The molecule has 3 rings (SSSR count). The van der Waals surface area contributed by atoms with Gasteiger partial charge in [-0.3, -0.25) is 4.79 Å². The zero-order valence-electron chi connectivity index (χ0n) is 12.8. The van der Waals surface area contributed by atoms with Gasteiger partial charge in [-0.2, -0.15) is 0 Å². The lowest BCUT2D eigenvalue weighted by Gasteiger charge is -2.19. The lowest BCUT2D eigenvalue weighted by atomic mass is 10.1. The van der Waals surface area contributed by atoms with Crippen LogP contribution in [0, 0.1) is 5.82 Å². The van der Waals surface area contributed by atoms with Gasteiger partial charge in [0.1, 0.15) is 5.82 Å². The van der Waals surface area contributed by atoms with E-state index in [9.17, 15) is 17.6 Å². The van der Waals surface area contributed by atoms with Crippen molar-refractivity contribution in [3.05, 3.63) is 59.9 Å². The average Bonchev–Trinajstić information content (AvgIpc) is 2.74. The summed E-state index contributed by atoms with van der Waals surface area (Å²) in [4.78, 5) is 21.6. The van der Waals surface area contributed by atoms with E-state index in [4.69, 9.17) is 0 Å². The Hall–Kier alpha value is -2.35. The number of aromatic nitrogens is 2. The minimum Gasteiger partial charge on any atom is -0.335 e. The summed E-state index contributed by atoms with van der Waals surface area (Å²) in [6.07, 6.45) is 3.05. The van der Waals surface area contributed by atoms with Crippen molar-refractivity contribution in [3.63, 3.8) is 0 Å². The second kappa shape index (κ2) is 6.64. The van der Waals surface area contributed by atoms with E-state index in [0.29, 0.717) is 0 Å². The average molecular weight is 349 g/mol. The molecule has 2 heterocycles. The monoisotopic (exact) mass is 349 g/mol. The highest BCUT2D eigenvalue weighted by Crippen LogP contribution is 2.31. The molecule has 24 heavy (non-hydrogen) atoms. The molecule has 1 amide bonds. The van der Waals surface area contributed by atoms with E-state index in [1.165, 1.54) is 35.5 Å². The first kappa shape index (κ1) is 16.5. The number of carbonyl (C=O) groups excluding carboxylic acids is 1. The fraction of sp³-hybridized carbons (Fsp3) is 0.312. The summed E-state index contributed by atoms with van der Waals surface area (Å²) in [5, 5.41) is -0.951. The highest BCUT2D eigenvalue weighted by Gasteiger charge is 2.34. The number of nitrogens with zero attached hydrogens (tertiary/aromatic N) is 3. The van der Waals surface area contributed by atoms with Crippen LogP contribution in [0.4, 0.5) is 4.39 Å². The Bertz CT molecular complexity index is 843. The van der Waals surface area contributed by atoms with Gasteiger partial charge in [-0.1, -0.05) is 18.2 Å². The van der Waals surface area contributed by atoms with Crippen LogP contribution in [-0.2, 0) is 9.84 Å². The molecule has 0 saturated carbocycles. The van der Waals surface area contributed by atoms with Crippen LogP contribution in [-0.4, -0.2) is 48.0 Å². The largest absolute Gasteiger partial charge is 0.335 e. The van der Waals surface area contributed by atoms with Gasteiger partial charge >= 0.3 is 0 Å². The molecule has 1 fully saturated rings. The summed E-state index contributed by atoms with van der Waals surface area (Å²) >= 11 is 0. The molecule has 1 aliphatic heterocycles. The van der Waals surface area contributed by atoms with Crippen molar-refractivity contribution in [2.45, 2.75) is 11.7 Å². The van der Waals surface area contributed by atoms with Crippen LogP contribution in [0.25, 0.3) is 0 Å². The Morgan fingerprint density at radius 1 is 1.12 bits per heavy atom. The third kappa shape index (κ3) is 3.28. The molecule has 6 nitrogen and oxygen atoms in total. The minimum atomic E-state index is -3.56. The van der Waals surface area contributed by atoms with Crippen LogP contribution in [0.15, 0.2) is 42.7 Å². The van der Waals surface area contributed by atoms with Crippen molar-refractivity contribution < 1.29 is 17.6 Å². The molecule has 1 aromatic heterocycles. The molecule has 0 bridgehead atoms. The maximum atomic E-state index is 14.0. The number of carbonyl (C=O) groups is 1. The van der Waals surface area contributed by atoms with Crippen molar-refractivity contribution in [3.8, 4) is 0 Å². The third-order valence-corrected chi connectivity index (χ3v) is 6.15. The Morgan fingerprint density at radius 3 is 2.54 bits per heavy atom. The van der Waals surface area contributed by atoms with E-state index >= 15 is 0 Å². The first-order valence-electron chi connectivity index (χ1n) is 7.51. The molecule has 0 N–H and O–H groups in total. The topological polar surface area (TPSA) is 80.2 Å². The Kier molecular flexibility index (Phi) is 4.57. The first-order chi connectivity index (χ1) is 11.5. The lowest BCUT2D eigenvalue weighted by Crippen LogP contribution is -2.34. The molecule has 1 atom stereocenters. The van der Waals surface area contributed by atoms with E-state index in [2.05, 4.69) is 9.97 Å². The van der Waals surface area contributed by atoms with Gasteiger partial charge in [0, 0.05) is 31.0 Å².